The first-order valence-electron chi connectivity index (χ1n) is 4.95. The van der Waals surface area contributed by atoms with Crippen LogP contribution < -0.4 is 5.32 Å². The summed E-state index contributed by atoms with van der Waals surface area (Å²) in [7, 11) is 0. The van der Waals surface area contributed by atoms with Crippen molar-refractivity contribution in [3.05, 3.63) is 58.3 Å². The number of carbonyl (C=O) groups excluding carboxylic acids is 1. The van der Waals surface area contributed by atoms with E-state index < -0.39 is 17.7 Å². The number of anilines is 1. The third-order valence-electron chi connectivity index (χ3n) is 2.13. The molecule has 0 fully saturated rings. The standard InChI is InChI=1S/C12H7BrF2N2O/c13-8-5-4-7(6-9(8)14)16-12(18)10-2-1-3-11(15)17-10/h1-6H,(H,16,18). The minimum absolute atomic E-state index is 0.0710. The van der Waals surface area contributed by atoms with Crippen LogP contribution in [0.25, 0.3) is 0 Å². The Morgan fingerprint density at radius 1 is 1.22 bits per heavy atom. The first kappa shape index (κ1) is 12.6. The van der Waals surface area contributed by atoms with Gasteiger partial charge in [-0.3, -0.25) is 4.79 Å². The second-order valence-corrected chi connectivity index (χ2v) is 4.28. The van der Waals surface area contributed by atoms with Crippen LogP contribution in [-0.2, 0) is 0 Å². The summed E-state index contributed by atoms with van der Waals surface area (Å²) in [6.45, 7) is 0. The summed E-state index contributed by atoms with van der Waals surface area (Å²) < 4.78 is 26.3. The molecule has 1 heterocycles. The fourth-order valence-corrected chi connectivity index (χ4v) is 1.55. The third-order valence-corrected chi connectivity index (χ3v) is 2.77. The van der Waals surface area contributed by atoms with Gasteiger partial charge in [-0.2, -0.15) is 4.39 Å². The molecule has 1 aromatic carbocycles. The van der Waals surface area contributed by atoms with E-state index in [-0.39, 0.29) is 11.4 Å². The average Bonchev–Trinajstić information content (AvgIpc) is 2.34. The molecule has 0 aliphatic heterocycles. The first-order valence-corrected chi connectivity index (χ1v) is 5.74. The van der Waals surface area contributed by atoms with Crippen molar-refractivity contribution < 1.29 is 13.6 Å². The van der Waals surface area contributed by atoms with Gasteiger partial charge >= 0.3 is 0 Å². The molecule has 0 saturated heterocycles. The molecule has 1 aromatic heterocycles. The van der Waals surface area contributed by atoms with Crippen molar-refractivity contribution in [2.24, 2.45) is 0 Å². The molecule has 0 atom stereocenters. The average molecular weight is 313 g/mol. The number of hydrogen-bond acceptors (Lipinski definition) is 2. The Bertz CT molecular complexity index is 604. The molecule has 1 N–H and O–H groups in total. The van der Waals surface area contributed by atoms with Crippen LogP contribution in [0.2, 0.25) is 0 Å². The molecule has 3 nitrogen and oxygen atoms in total. The largest absolute Gasteiger partial charge is 0.321 e. The molecular formula is C12H7BrF2N2O. The highest BCUT2D eigenvalue weighted by atomic mass is 79.9. The lowest BCUT2D eigenvalue weighted by molar-refractivity contribution is 0.102. The lowest BCUT2D eigenvalue weighted by Crippen LogP contribution is -2.14. The zero-order valence-corrected chi connectivity index (χ0v) is 10.5. The van der Waals surface area contributed by atoms with Gasteiger partial charge in [-0.15, -0.1) is 0 Å². The maximum absolute atomic E-state index is 13.2. The van der Waals surface area contributed by atoms with Gasteiger partial charge in [0.05, 0.1) is 4.47 Å². The van der Waals surface area contributed by atoms with Crippen molar-refractivity contribution in [3.8, 4) is 0 Å². The molecule has 0 radical (unpaired) electrons. The highest BCUT2D eigenvalue weighted by Crippen LogP contribution is 2.19. The maximum Gasteiger partial charge on any atom is 0.274 e. The zero-order valence-electron chi connectivity index (χ0n) is 8.95. The van der Waals surface area contributed by atoms with Gasteiger partial charge < -0.3 is 5.32 Å². The van der Waals surface area contributed by atoms with E-state index in [0.29, 0.717) is 4.47 Å². The predicted octanol–water partition coefficient (Wildman–Crippen LogP) is 3.37. The molecular weight excluding hydrogens is 306 g/mol. The number of pyridine rings is 1. The van der Waals surface area contributed by atoms with Gasteiger partial charge in [0.2, 0.25) is 5.95 Å². The Morgan fingerprint density at radius 3 is 2.67 bits per heavy atom. The van der Waals surface area contributed by atoms with Crippen LogP contribution in [0.1, 0.15) is 10.5 Å². The molecule has 92 valence electrons. The van der Waals surface area contributed by atoms with Crippen LogP contribution in [0.4, 0.5) is 14.5 Å². The summed E-state index contributed by atoms with van der Waals surface area (Å²) in [6, 6.07) is 8.01. The van der Waals surface area contributed by atoms with Crippen LogP contribution in [-0.4, -0.2) is 10.9 Å². The molecule has 0 unspecified atom stereocenters. The molecule has 0 bridgehead atoms. The SMILES string of the molecule is O=C(Nc1ccc(Br)c(F)c1)c1cccc(F)n1. The molecule has 0 aliphatic carbocycles. The van der Waals surface area contributed by atoms with Crippen molar-refractivity contribution in [2.45, 2.75) is 0 Å². The molecule has 18 heavy (non-hydrogen) atoms. The number of aromatic nitrogens is 1. The van der Waals surface area contributed by atoms with E-state index in [0.717, 1.165) is 12.1 Å². The lowest BCUT2D eigenvalue weighted by Gasteiger charge is -2.05. The van der Waals surface area contributed by atoms with Crippen molar-refractivity contribution >= 4 is 27.5 Å². The maximum atomic E-state index is 13.2. The van der Waals surface area contributed by atoms with E-state index in [4.69, 9.17) is 0 Å². The molecule has 0 spiro atoms. The Labute approximate surface area is 110 Å². The molecule has 2 rings (SSSR count). The number of nitrogens with zero attached hydrogens (tertiary/aromatic N) is 1. The van der Waals surface area contributed by atoms with Crippen molar-refractivity contribution in [1.82, 2.24) is 4.98 Å². The van der Waals surface area contributed by atoms with Gasteiger partial charge in [0, 0.05) is 5.69 Å². The minimum Gasteiger partial charge on any atom is -0.321 e. The topological polar surface area (TPSA) is 42.0 Å². The summed E-state index contributed by atoms with van der Waals surface area (Å²) >= 11 is 3.00. The number of amides is 1. The minimum atomic E-state index is -0.746. The van der Waals surface area contributed by atoms with E-state index >= 15 is 0 Å². The first-order chi connectivity index (χ1) is 8.56. The lowest BCUT2D eigenvalue weighted by atomic mass is 10.3. The van der Waals surface area contributed by atoms with E-state index in [9.17, 15) is 13.6 Å². The second kappa shape index (κ2) is 5.22. The molecule has 6 heteroatoms. The summed E-state index contributed by atoms with van der Waals surface area (Å²) in [4.78, 5) is 15.1. The van der Waals surface area contributed by atoms with Gasteiger partial charge in [0.25, 0.3) is 5.91 Å². The third kappa shape index (κ3) is 2.89. The van der Waals surface area contributed by atoms with Gasteiger partial charge in [0.1, 0.15) is 11.5 Å². The van der Waals surface area contributed by atoms with Crippen LogP contribution in [0, 0.1) is 11.8 Å². The zero-order chi connectivity index (χ0) is 13.1. The fourth-order valence-electron chi connectivity index (χ4n) is 1.30. The normalized spacial score (nSPS) is 10.2. The Hall–Kier alpha value is -1.82. The number of halogens is 3. The number of hydrogen-bond donors (Lipinski definition) is 1. The fraction of sp³-hybridized carbons (Fsp3) is 0. The van der Waals surface area contributed by atoms with Crippen molar-refractivity contribution in [2.75, 3.05) is 5.32 Å². The molecule has 1 amide bonds. The van der Waals surface area contributed by atoms with Gasteiger partial charge in [0.15, 0.2) is 0 Å². The molecule has 2 aromatic rings. The second-order valence-electron chi connectivity index (χ2n) is 3.43. The van der Waals surface area contributed by atoms with Crippen molar-refractivity contribution in [1.29, 1.82) is 0 Å². The van der Waals surface area contributed by atoms with Crippen LogP contribution in [0.5, 0.6) is 0 Å². The monoisotopic (exact) mass is 312 g/mol. The Kier molecular flexibility index (Phi) is 3.66. The van der Waals surface area contributed by atoms with E-state index in [2.05, 4.69) is 26.2 Å². The Balaban J connectivity index is 2.18. The smallest absolute Gasteiger partial charge is 0.274 e. The van der Waals surface area contributed by atoms with E-state index in [1.807, 2.05) is 0 Å². The summed E-state index contributed by atoms with van der Waals surface area (Å²) in [5.41, 5.74) is 0.199. The number of benzene rings is 1. The number of rotatable bonds is 2. The van der Waals surface area contributed by atoms with Gasteiger partial charge in [-0.1, -0.05) is 6.07 Å². The number of carbonyl (C=O) groups is 1. The summed E-state index contributed by atoms with van der Waals surface area (Å²) in [5.74, 6) is -1.85. The highest BCUT2D eigenvalue weighted by Gasteiger charge is 2.09. The van der Waals surface area contributed by atoms with E-state index in [1.54, 1.807) is 0 Å². The quantitative estimate of drug-likeness (QED) is 0.864. The highest BCUT2D eigenvalue weighted by molar-refractivity contribution is 9.10. The molecule has 0 saturated carbocycles. The van der Waals surface area contributed by atoms with Crippen molar-refractivity contribution in [3.63, 3.8) is 0 Å². The Morgan fingerprint density at radius 2 is 2.00 bits per heavy atom. The summed E-state index contributed by atoms with van der Waals surface area (Å²) in [5, 5.41) is 2.42. The van der Waals surface area contributed by atoms with E-state index in [1.165, 1.54) is 24.3 Å². The van der Waals surface area contributed by atoms with Gasteiger partial charge in [-0.05, 0) is 46.3 Å². The van der Waals surface area contributed by atoms with Crippen LogP contribution >= 0.6 is 15.9 Å². The van der Waals surface area contributed by atoms with Gasteiger partial charge in [-0.25, -0.2) is 9.37 Å². The van der Waals surface area contributed by atoms with Crippen LogP contribution in [0.3, 0.4) is 0 Å². The van der Waals surface area contributed by atoms with Crippen LogP contribution in [0.15, 0.2) is 40.9 Å². The number of nitrogens with one attached hydrogen (secondary N) is 1. The molecule has 0 aliphatic rings. The predicted molar refractivity (Wildman–Crippen MR) is 66.2 cm³/mol. The summed E-state index contributed by atoms with van der Waals surface area (Å²) in [6.07, 6.45) is 0.